The highest BCUT2D eigenvalue weighted by Gasteiger charge is 2.24. The minimum Gasteiger partial charge on any atom is -0.344 e. The quantitative estimate of drug-likeness (QED) is 0.779. The molecule has 1 aromatic carbocycles. The number of carbonyl (C=O) groups is 1. The van der Waals surface area contributed by atoms with Gasteiger partial charge >= 0.3 is 0 Å². The number of benzene rings is 1. The maximum atomic E-state index is 12.6. The molecule has 1 unspecified atom stereocenters. The molecule has 0 radical (unpaired) electrons. The van der Waals surface area contributed by atoms with E-state index in [1.54, 1.807) is 10.7 Å². The molecule has 1 amide bonds. The first-order valence-electron chi connectivity index (χ1n) is 7.75. The highest BCUT2D eigenvalue weighted by Crippen LogP contribution is 2.30. The smallest absolute Gasteiger partial charge is 0.273 e. The van der Waals surface area contributed by atoms with Crippen LogP contribution in [-0.4, -0.2) is 15.5 Å². The lowest BCUT2D eigenvalue weighted by Crippen LogP contribution is -2.31. The minimum absolute atomic E-state index is 0.0216. The number of aryl methyl sites for hydroxylation is 1. The number of hydrogen-bond acceptors (Lipinski definition) is 2. The second-order valence-corrected chi connectivity index (χ2v) is 6.19. The molecule has 0 aliphatic heterocycles. The number of hydrogen-bond donors (Lipinski definition) is 1. The molecule has 116 valence electrons. The molecule has 3 aromatic rings. The Morgan fingerprint density at radius 3 is 2.91 bits per heavy atom. The number of fused-ring (bicyclic) bond motifs is 2. The molecule has 0 fully saturated rings. The number of carbonyl (C=O) groups excluding carboxylic acids is 1. The third-order valence-corrected chi connectivity index (χ3v) is 4.74. The van der Waals surface area contributed by atoms with E-state index >= 15 is 0 Å². The van der Waals surface area contributed by atoms with Gasteiger partial charge in [0.15, 0.2) is 5.69 Å². The van der Waals surface area contributed by atoms with Gasteiger partial charge in [0, 0.05) is 6.20 Å². The Morgan fingerprint density at radius 1 is 1.22 bits per heavy atom. The fourth-order valence-corrected chi connectivity index (χ4v) is 3.52. The Morgan fingerprint density at radius 2 is 2.04 bits per heavy atom. The van der Waals surface area contributed by atoms with Crippen LogP contribution in [0.1, 0.15) is 40.5 Å². The molecule has 2 heterocycles. The Hall–Kier alpha value is -2.33. The van der Waals surface area contributed by atoms with Crippen LogP contribution in [0.25, 0.3) is 5.52 Å². The van der Waals surface area contributed by atoms with Gasteiger partial charge in [-0.1, -0.05) is 41.9 Å². The van der Waals surface area contributed by atoms with Crippen molar-refractivity contribution >= 4 is 23.0 Å². The zero-order chi connectivity index (χ0) is 15.8. The van der Waals surface area contributed by atoms with Crippen LogP contribution in [0.4, 0.5) is 0 Å². The summed E-state index contributed by atoms with van der Waals surface area (Å²) in [7, 11) is 0. The van der Waals surface area contributed by atoms with E-state index < -0.39 is 0 Å². The van der Waals surface area contributed by atoms with Crippen molar-refractivity contribution in [3.63, 3.8) is 0 Å². The van der Waals surface area contributed by atoms with Crippen molar-refractivity contribution in [2.24, 2.45) is 0 Å². The molecule has 1 aliphatic rings. The first-order chi connectivity index (χ1) is 11.2. The number of amides is 1. The summed E-state index contributed by atoms with van der Waals surface area (Å²) in [6, 6.07) is 13.9. The lowest BCUT2D eigenvalue weighted by Gasteiger charge is -2.26. The zero-order valence-electron chi connectivity index (χ0n) is 12.5. The molecule has 23 heavy (non-hydrogen) atoms. The van der Waals surface area contributed by atoms with E-state index in [1.165, 1.54) is 11.1 Å². The van der Waals surface area contributed by atoms with Crippen molar-refractivity contribution in [3.05, 3.63) is 70.5 Å². The normalized spacial score (nSPS) is 17.0. The van der Waals surface area contributed by atoms with E-state index in [-0.39, 0.29) is 17.6 Å². The van der Waals surface area contributed by atoms with E-state index in [0.29, 0.717) is 5.02 Å². The zero-order valence-corrected chi connectivity index (χ0v) is 13.3. The number of pyridine rings is 1. The van der Waals surface area contributed by atoms with E-state index in [0.717, 1.165) is 24.8 Å². The molecule has 5 heteroatoms. The predicted molar refractivity (Wildman–Crippen MR) is 89.8 cm³/mol. The number of halogens is 1. The van der Waals surface area contributed by atoms with E-state index in [2.05, 4.69) is 22.5 Å². The largest absolute Gasteiger partial charge is 0.344 e. The SMILES string of the molecule is O=C(NC1CCCc2ccccc21)c1nn2ccccc2c1Cl. The molecule has 0 bridgehead atoms. The van der Waals surface area contributed by atoms with Gasteiger partial charge in [0.05, 0.1) is 16.6 Å². The third kappa shape index (κ3) is 2.49. The van der Waals surface area contributed by atoms with Crippen molar-refractivity contribution in [1.29, 1.82) is 0 Å². The van der Waals surface area contributed by atoms with Crippen LogP contribution in [0.2, 0.25) is 5.02 Å². The summed E-state index contributed by atoms with van der Waals surface area (Å²) in [6.07, 6.45) is 4.86. The fraction of sp³-hybridized carbons (Fsp3) is 0.222. The lowest BCUT2D eigenvalue weighted by atomic mass is 9.87. The molecule has 1 N–H and O–H groups in total. The number of nitrogens with one attached hydrogen (secondary N) is 1. The number of nitrogens with zero attached hydrogens (tertiary/aromatic N) is 2. The summed E-state index contributed by atoms with van der Waals surface area (Å²) in [5.41, 5.74) is 3.53. The second-order valence-electron chi connectivity index (χ2n) is 5.81. The average Bonchev–Trinajstić information content (AvgIpc) is 2.93. The average molecular weight is 326 g/mol. The number of aromatic nitrogens is 2. The van der Waals surface area contributed by atoms with Gasteiger partial charge in [-0.05, 0) is 42.5 Å². The standard InChI is InChI=1S/C18H16ClN3O/c19-16-15-10-3-4-11-22(15)21-17(16)18(23)20-14-9-5-7-12-6-1-2-8-13(12)14/h1-4,6,8,10-11,14H,5,7,9H2,(H,20,23). The number of rotatable bonds is 2. The van der Waals surface area contributed by atoms with Crippen molar-refractivity contribution in [1.82, 2.24) is 14.9 Å². The summed E-state index contributed by atoms with van der Waals surface area (Å²) in [5.74, 6) is -0.222. The molecule has 0 spiro atoms. The molecule has 2 aromatic heterocycles. The molecule has 1 atom stereocenters. The lowest BCUT2D eigenvalue weighted by molar-refractivity contribution is 0.0927. The summed E-state index contributed by atoms with van der Waals surface area (Å²) >= 11 is 6.33. The van der Waals surface area contributed by atoms with Crippen molar-refractivity contribution < 1.29 is 4.79 Å². The molecule has 1 aliphatic carbocycles. The predicted octanol–water partition coefficient (Wildman–Crippen LogP) is 3.80. The Balaban J connectivity index is 1.64. The maximum absolute atomic E-state index is 12.6. The van der Waals surface area contributed by atoms with Gasteiger partial charge in [-0.3, -0.25) is 4.79 Å². The van der Waals surface area contributed by atoms with Gasteiger partial charge in [0.1, 0.15) is 0 Å². The van der Waals surface area contributed by atoms with Crippen LogP contribution in [0.15, 0.2) is 48.7 Å². The molecule has 4 rings (SSSR count). The third-order valence-electron chi connectivity index (χ3n) is 4.37. The van der Waals surface area contributed by atoms with Crippen molar-refractivity contribution in [3.8, 4) is 0 Å². The second kappa shape index (κ2) is 5.70. The molecular weight excluding hydrogens is 310 g/mol. The molecule has 0 saturated heterocycles. The van der Waals surface area contributed by atoms with Gasteiger partial charge in [-0.25, -0.2) is 4.52 Å². The molecule has 4 nitrogen and oxygen atoms in total. The van der Waals surface area contributed by atoms with Gasteiger partial charge in [-0.2, -0.15) is 5.10 Å². The van der Waals surface area contributed by atoms with E-state index in [4.69, 9.17) is 11.6 Å². The highest BCUT2D eigenvalue weighted by molar-refractivity contribution is 6.36. The maximum Gasteiger partial charge on any atom is 0.273 e. The Labute approximate surface area is 139 Å². The minimum atomic E-state index is -0.222. The van der Waals surface area contributed by atoms with Crippen LogP contribution in [0.5, 0.6) is 0 Å². The van der Waals surface area contributed by atoms with Gasteiger partial charge in [0.2, 0.25) is 0 Å². The van der Waals surface area contributed by atoms with Crippen LogP contribution in [-0.2, 0) is 6.42 Å². The first kappa shape index (κ1) is 14.3. The van der Waals surface area contributed by atoms with Crippen LogP contribution >= 0.6 is 11.6 Å². The monoisotopic (exact) mass is 325 g/mol. The van der Waals surface area contributed by atoms with Crippen molar-refractivity contribution in [2.45, 2.75) is 25.3 Å². The summed E-state index contributed by atoms with van der Waals surface area (Å²) in [4.78, 5) is 12.6. The molecule has 0 saturated carbocycles. The fourth-order valence-electron chi connectivity index (χ4n) is 3.24. The topological polar surface area (TPSA) is 46.4 Å². The van der Waals surface area contributed by atoms with Gasteiger partial charge < -0.3 is 5.32 Å². The van der Waals surface area contributed by atoms with Crippen LogP contribution in [0, 0.1) is 0 Å². The van der Waals surface area contributed by atoms with Gasteiger partial charge in [0.25, 0.3) is 5.91 Å². The Kier molecular flexibility index (Phi) is 3.54. The Bertz CT molecular complexity index is 887. The van der Waals surface area contributed by atoms with Crippen LogP contribution in [0.3, 0.4) is 0 Å². The van der Waals surface area contributed by atoms with Crippen molar-refractivity contribution in [2.75, 3.05) is 0 Å². The van der Waals surface area contributed by atoms with E-state index in [1.807, 2.05) is 30.3 Å². The summed E-state index contributed by atoms with van der Waals surface area (Å²) < 4.78 is 1.63. The van der Waals surface area contributed by atoms with E-state index in [9.17, 15) is 4.79 Å². The first-order valence-corrected chi connectivity index (χ1v) is 8.13. The van der Waals surface area contributed by atoms with Crippen LogP contribution < -0.4 is 5.32 Å². The summed E-state index contributed by atoms with van der Waals surface area (Å²) in [5, 5.41) is 7.80. The highest BCUT2D eigenvalue weighted by atomic mass is 35.5. The summed E-state index contributed by atoms with van der Waals surface area (Å²) in [6.45, 7) is 0. The van der Waals surface area contributed by atoms with Gasteiger partial charge in [-0.15, -0.1) is 0 Å². The molecular formula is C18H16ClN3O.